The molecule has 17 heavy (non-hydrogen) atoms. The van der Waals surface area contributed by atoms with Crippen LogP contribution in [-0.4, -0.2) is 31.5 Å². The quantitative estimate of drug-likeness (QED) is 0.806. The Labute approximate surface area is 101 Å². The minimum Gasteiger partial charge on any atom is -0.486 e. The molecule has 2 aliphatic heterocycles. The zero-order valence-electron chi connectivity index (χ0n) is 9.69. The van der Waals surface area contributed by atoms with Crippen LogP contribution in [0.15, 0.2) is 18.2 Å². The van der Waals surface area contributed by atoms with Crippen molar-refractivity contribution in [1.29, 1.82) is 0 Å². The second kappa shape index (κ2) is 4.55. The SMILES string of the molecule is OCC1CNC(c2cccc3c2OCCO3)C1. The van der Waals surface area contributed by atoms with Gasteiger partial charge in [0.05, 0.1) is 0 Å². The molecule has 0 bridgehead atoms. The van der Waals surface area contributed by atoms with E-state index < -0.39 is 0 Å². The van der Waals surface area contributed by atoms with Crippen LogP contribution in [0.3, 0.4) is 0 Å². The molecule has 2 atom stereocenters. The summed E-state index contributed by atoms with van der Waals surface area (Å²) < 4.78 is 11.3. The maximum atomic E-state index is 9.17. The van der Waals surface area contributed by atoms with Crippen molar-refractivity contribution in [3.8, 4) is 11.5 Å². The van der Waals surface area contributed by atoms with Crippen molar-refractivity contribution in [2.75, 3.05) is 26.4 Å². The molecule has 0 radical (unpaired) electrons. The molecule has 2 unspecified atom stereocenters. The van der Waals surface area contributed by atoms with Gasteiger partial charge in [0.15, 0.2) is 11.5 Å². The molecule has 2 aliphatic rings. The van der Waals surface area contributed by atoms with Crippen molar-refractivity contribution in [2.24, 2.45) is 5.92 Å². The third-order valence-corrected chi connectivity index (χ3v) is 3.45. The van der Waals surface area contributed by atoms with Gasteiger partial charge in [-0.3, -0.25) is 0 Å². The van der Waals surface area contributed by atoms with E-state index in [4.69, 9.17) is 9.47 Å². The van der Waals surface area contributed by atoms with Gasteiger partial charge in [-0.05, 0) is 18.4 Å². The minimum absolute atomic E-state index is 0.246. The number of benzene rings is 1. The van der Waals surface area contributed by atoms with E-state index in [1.807, 2.05) is 12.1 Å². The predicted molar refractivity (Wildman–Crippen MR) is 63.4 cm³/mol. The van der Waals surface area contributed by atoms with Crippen molar-refractivity contribution < 1.29 is 14.6 Å². The summed E-state index contributed by atoms with van der Waals surface area (Å²) in [6, 6.07) is 6.28. The van der Waals surface area contributed by atoms with Crippen LogP contribution >= 0.6 is 0 Å². The lowest BCUT2D eigenvalue weighted by Gasteiger charge is -2.23. The van der Waals surface area contributed by atoms with Crippen LogP contribution in [0, 0.1) is 5.92 Å². The zero-order valence-corrected chi connectivity index (χ0v) is 9.69. The summed E-state index contributed by atoms with van der Waals surface area (Å²) in [5.41, 5.74) is 1.15. The van der Waals surface area contributed by atoms with Gasteiger partial charge in [0, 0.05) is 24.8 Å². The third kappa shape index (κ3) is 1.98. The normalized spacial score (nSPS) is 27.1. The molecule has 1 fully saturated rings. The van der Waals surface area contributed by atoms with Crippen LogP contribution in [0.5, 0.6) is 11.5 Å². The minimum atomic E-state index is 0.246. The molecule has 0 amide bonds. The second-order valence-corrected chi connectivity index (χ2v) is 4.62. The predicted octanol–water partition coefficient (Wildman–Crippen LogP) is 1.10. The van der Waals surface area contributed by atoms with Gasteiger partial charge < -0.3 is 19.9 Å². The standard InChI is InChI=1S/C13H17NO3/c15-8-9-6-11(14-7-9)10-2-1-3-12-13(10)17-5-4-16-12/h1-3,9,11,14-15H,4-8H2. The Morgan fingerprint density at radius 3 is 3.00 bits per heavy atom. The van der Waals surface area contributed by atoms with Gasteiger partial charge in [0.1, 0.15) is 13.2 Å². The average molecular weight is 235 g/mol. The van der Waals surface area contributed by atoms with Crippen molar-refractivity contribution in [2.45, 2.75) is 12.5 Å². The first kappa shape index (κ1) is 10.9. The molecule has 92 valence electrons. The molecule has 1 saturated heterocycles. The van der Waals surface area contributed by atoms with E-state index >= 15 is 0 Å². The fraction of sp³-hybridized carbons (Fsp3) is 0.538. The fourth-order valence-electron chi connectivity index (χ4n) is 2.56. The Balaban J connectivity index is 1.88. The number of fused-ring (bicyclic) bond motifs is 1. The van der Waals surface area contributed by atoms with Gasteiger partial charge in [-0.25, -0.2) is 0 Å². The lowest BCUT2D eigenvalue weighted by atomic mass is 9.99. The molecule has 1 aromatic rings. The summed E-state index contributed by atoms with van der Waals surface area (Å²) in [4.78, 5) is 0. The monoisotopic (exact) mass is 235 g/mol. The summed E-state index contributed by atoms with van der Waals surface area (Å²) >= 11 is 0. The summed E-state index contributed by atoms with van der Waals surface area (Å²) in [7, 11) is 0. The lowest BCUT2D eigenvalue weighted by molar-refractivity contribution is 0.168. The highest BCUT2D eigenvalue weighted by Gasteiger charge is 2.28. The fourth-order valence-corrected chi connectivity index (χ4v) is 2.56. The van der Waals surface area contributed by atoms with Crippen LogP contribution in [-0.2, 0) is 0 Å². The number of ether oxygens (including phenoxy) is 2. The number of aliphatic hydroxyl groups is 1. The molecule has 2 heterocycles. The van der Waals surface area contributed by atoms with E-state index in [1.54, 1.807) is 0 Å². The number of para-hydroxylation sites is 1. The maximum absolute atomic E-state index is 9.17. The summed E-state index contributed by atoms with van der Waals surface area (Å²) in [5.74, 6) is 2.05. The highest BCUT2D eigenvalue weighted by molar-refractivity contribution is 5.49. The third-order valence-electron chi connectivity index (χ3n) is 3.45. The molecule has 0 aromatic heterocycles. The topological polar surface area (TPSA) is 50.7 Å². The first-order valence-corrected chi connectivity index (χ1v) is 6.11. The van der Waals surface area contributed by atoms with E-state index in [2.05, 4.69) is 11.4 Å². The Hall–Kier alpha value is -1.26. The molecule has 1 aromatic carbocycles. The van der Waals surface area contributed by atoms with Crippen molar-refractivity contribution >= 4 is 0 Å². The van der Waals surface area contributed by atoms with Gasteiger partial charge in [0.2, 0.25) is 0 Å². The number of rotatable bonds is 2. The summed E-state index contributed by atoms with van der Waals surface area (Å²) in [6.07, 6.45) is 0.955. The van der Waals surface area contributed by atoms with E-state index in [0.29, 0.717) is 19.1 Å². The second-order valence-electron chi connectivity index (χ2n) is 4.62. The maximum Gasteiger partial charge on any atom is 0.166 e. The van der Waals surface area contributed by atoms with Gasteiger partial charge in [-0.15, -0.1) is 0 Å². The van der Waals surface area contributed by atoms with Gasteiger partial charge in [-0.1, -0.05) is 12.1 Å². The van der Waals surface area contributed by atoms with Crippen LogP contribution in [0.1, 0.15) is 18.0 Å². The Morgan fingerprint density at radius 2 is 2.18 bits per heavy atom. The Morgan fingerprint density at radius 1 is 1.29 bits per heavy atom. The lowest BCUT2D eigenvalue weighted by Crippen LogP contribution is -2.20. The number of hydrogen-bond acceptors (Lipinski definition) is 4. The Bertz CT molecular complexity index is 408. The van der Waals surface area contributed by atoms with Crippen LogP contribution in [0.25, 0.3) is 0 Å². The van der Waals surface area contributed by atoms with Crippen molar-refractivity contribution in [3.63, 3.8) is 0 Å². The number of aliphatic hydroxyl groups excluding tert-OH is 1. The summed E-state index contributed by atoms with van der Waals surface area (Å²) in [6.45, 7) is 2.34. The molecule has 0 spiro atoms. The van der Waals surface area contributed by atoms with Crippen LogP contribution < -0.4 is 14.8 Å². The highest BCUT2D eigenvalue weighted by atomic mass is 16.6. The first-order chi connectivity index (χ1) is 8.38. The van der Waals surface area contributed by atoms with Crippen molar-refractivity contribution in [3.05, 3.63) is 23.8 Å². The van der Waals surface area contributed by atoms with Crippen LogP contribution in [0.2, 0.25) is 0 Å². The molecular formula is C13H17NO3. The van der Waals surface area contributed by atoms with E-state index in [1.165, 1.54) is 0 Å². The smallest absolute Gasteiger partial charge is 0.166 e. The van der Waals surface area contributed by atoms with E-state index in [0.717, 1.165) is 30.0 Å². The molecule has 4 nitrogen and oxygen atoms in total. The van der Waals surface area contributed by atoms with Crippen LogP contribution in [0.4, 0.5) is 0 Å². The molecular weight excluding hydrogens is 218 g/mol. The highest BCUT2D eigenvalue weighted by Crippen LogP contribution is 2.40. The number of nitrogens with one attached hydrogen (secondary N) is 1. The van der Waals surface area contributed by atoms with E-state index in [-0.39, 0.29) is 12.6 Å². The van der Waals surface area contributed by atoms with Crippen molar-refractivity contribution in [1.82, 2.24) is 5.32 Å². The summed E-state index contributed by atoms with van der Waals surface area (Å²) in [5, 5.41) is 12.6. The Kier molecular flexibility index (Phi) is 2.91. The van der Waals surface area contributed by atoms with E-state index in [9.17, 15) is 5.11 Å². The average Bonchev–Trinajstić information content (AvgIpc) is 2.87. The molecule has 2 N–H and O–H groups in total. The zero-order chi connectivity index (χ0) is 11.7. The molecule has 0 saturated carbocycles. The number of hydrogen-bond donors (Lipinski definition) is 2. The largest absolute Gasteiger partial charge is 0.486 e. The van der Waals surface area contributed by atoms with Gasteiger partial charge in [-0.2, -0.15) is 0 Å². The first-order valence-electron chi connectivity index (χ1n) is 6.11. The molecule has 0 aliphatic carbocycles. The van der Waals surface area contributed by atoms with Gasteiger partial charge in [0.25, 0.3) is 0 Å². The molecule has 4 heteroatoms. The molecule has 3 rings (SSSR count). The van der Waals surface area contributed by atoms with Gasteiger partial charge >= 0.3 is 0 Å².